The summed E-state index contributed by atoms with van der Waals surface area (Å²) in [5.41, 5.74) is 0.996. The molecule has 0 radical (unpaired) electrons. The van der Waals surface area contributed by atoms with Crippen LogP contribution in [0.4, 0.5) is 0 Å². The number of hydrogen-bond donors (Lipinski definition) is 2. The molecule has 2 heterocycles. The molecule has 1 aromatic rings. The highest BCUT2D eigenvalue weighted by Gasteiger charge is 2.16. The SMILES string of the molecule is O=S(=O)(CCc1ccncc1)NCC1CCCCN1. The molecule has 1 saturated heterocycles. The first-order valence-corrected chi connectivity index (χ1v) is 8.40. The minimum absolute atomic E-state index is 0.129. The van der Waals surface area contributed by atoms with Crippen LogP contribution < -0.4 is 10.0 Å². The van der Waals surface area contributed by atoms with Gasteiger partial charge in [0.25, 0.3) is 0 Å². The number of nitrogens with zero attached hydrogens (tertiary/aromatic N) is 1. The van der Waals surface area contributed by atoms with E-state index in [9.17, 15) is 8.42 Å². The second-order valence-corrected chi connectivity index (χ2v) is 6.85. The van der Waals surface area contributed by atoms with E-state index in [1.54, 1.807) is 12.4 Å². The summed E-state index contributed by atoms with van der Waals surface area (Å²) in [7, 11) is -3.19. The van der Waals surface area contributed by atoms with Gasteiger partial charge < -0.3 is 5.32 Å². The summed E-state index contributed by atoms with van der Waals surface area (Å²) >= 11 is 0. The zero-order chi connectivity index (χ0) is 13.6. The van der Waals surface area contributed by atoms with Crippen LogP contribution in [0.2, 0.25) is 0 Å². The molecule has 1 unspecified atom stereocenters. The zero-order valence-electron chi connectivity index (χ0n) is 11.0. The van der Waals surface area contributed by atoms with Gasteiger partial charge in [0.05, 0.1) is 5.75 Å². The molecule has 0 spiro atoms. The van der Waals surface area contributed by atoms with Crippen molar-refractivity contribution >= 4 is 10.0 Å². The van der Waals surface area contributed by atoms with Crippen LogP contribution >= 0.6 is 0 Å². The van der Waals surface area contributed by atoms with E-state index in [0.717, 1.165) is 18.5 Å². The quantitative estimate of drug-likeness (QED) is 0.805. The summed E-state index contributed by atoms with van der Waals surface area (Å²) < 4.78 is 26.5. The normalized spacial score (nSPS) is 20.3. The van der Waals surface area contributed by atoms with Gasteiger partial charge in [-0.15, -0.1) is 0 Å². The summed E-state index contributed by atoms with van der Waals surface area (Å²) in [6, 6.07) is 3.97. The Morgan fingerprint density at radius 2 is 2.11 bits per heavy atom. The molecular weight excluding hydrogens is 262 g/mol. The molecule has 0 amide bonds. The monoisotopic (exact) mass is 283 g/mol. The lowest BCUT2D eigenvalue weighted by Crippen LogP contribution is -2.44. The average Bonchev–Trinajstić information content (AvgIpc) is 2.46. The molecule has 1 atom stereocenters. The molecule has 1 aliphatic rings. The predicted octanol–water partition coefficient (Wildman–Crippen LogP) is 0.686. The average molecular weight is 283 g/mol. The Labute approximate surface area is 114 Å². The zero-order valence-corrected chi connectivity index (χ0v) is 11.8. The van der Waals surface area contributed by atoms with Crippen molar-refractivity contribution < 1.29 is 8.42 Å². The summed E-state index contributed by atoms with van der Waals surface area (Å²) in [5.74, 6) is 0.129. The molecule has 1 aromatic heterocycles. The number of hydrogen-bond acceptors (Lipinski definition) is 4. The van der Waals surface area contributed by atoms with Crippen LogP contribution in [0, 0.1) is 0 Å². The van der Waals surface area contributed by atoms with Gasteiger partial charge in [0, 0.05) is 25.0 Å². The standard InChI is InChI=1S/C13H21N3O2S/c17-19(18,10-6-12-4-8-14-9-5-12)16-11-13-3-1-2-7-15-13/h4-5,8-9,13,15-16H,1-3,6-7,10-11H2. The van der Waals surface area contributed by atoms with Crippen LogP contribution in [0.3, 0.4) is 0 Å². The molecule has 5 nitrogen and oxygen atoms in total. The Bertz CT molecular complexity index is 470. The molecule has 0 saturated carbocycles. The summed E-state index contributed by atoms with van der Waals surface area (Å²) in [5, 5.41) is 3.33. The van der Waals surface area contributed by atoms with E-state index in [0.29, 0.717) is 13.0 Å². The number of pyridine rings is 1. The third-order valence-electron chi connectivity index (χ3n) is 3.37. The smallest absolute Gasteiger partial charge is 0.211 e. The highest BCUT2D eigenvalue weighted by molar-refractivity contribution is 7.89. The van der Waals surface area contributed by atoms with Gasteiger partial charge in [-0.2, -0.15) is 0 Å². The fourth-order valence-corrected chi connectivity index (χ4v) is 3.30. The van der Waals surface area contributed by atoms with Crippen LogP contribution in [0.1, 0.15) is 24.8 Å². The largest absolute Gasteiger partial charge is 0.313 e. The van der Waals surface area contributed by atoms with Crippen LogP contribution in [0.5, 0.6) is 0 Å². The minimum atomic E-state index is -3.19. The lowest BCUT2D eigenvalue weighted by Gasteiger charge is -2.23. The van der Waals surface area contributed by atoms with Crippen molar-refractivity contribution in [3.05, 3.63) is 30.1 Å². The number of nitrogens with one attached hydrogen (secondary N) is 2. The molecular formula is C13H21N3O2S. The van der Waals surface area contributed by atoms with Gasteiger partial charge in [-0.05, 0) is 43.5 Å². The Hall–Kier alpha value is -0.980. The Morgan fingerprint density at radius 3 is 2.79 bits per heavy atom. The maximum absolute atomic E-state index is 11.9. The van der Waals surface area contributed by atoms with Gasteiger partial charge in [0.15, 0.2) is 0 Å². The van der Waals surface area contributed by atoms with Crippen molar-refractivity contribution in [2.24, 2.45) is 0 Å². The Morgan fingerprint density at radius 1 is 1.32 bits per heavy atom. The predicted molar refractivity (Wildman–Crippen MR) is 75.4 cm³/mol. The summed E-state index contributed by atoms with van der Waals surface area (Å²) in [4.78, 5) is 3.91. The first-order chi connectivity index (χ1) is 9.16. The first kappa shape index (κ1) is 14.4. The van der Waals surface area contributed by atoms with E-state index in [4.69, 9.17) is 0 Å². The van der Waals surface area contributed by atoms with Gasteiger partial charge >= 0.3 is 0 Å². The third kappa shape index (κ3) is 5.26. The van der Waals surface area contributed by atoms with Crippen LogP contribution in [0.25, 0.3) is 0 Å². The fraction of sp³-hybridized carbons (Fsp3) is 0.615. The highest BCUT2D eigenvalue weighted by Crippen LogP contribution is 2.06. The van der Waals surface area contributed by atoms with Crippen LogP contribution in [-0.4, -0.2) is 38.3 Å². The van der Waals surface area contributed by atoms with Crippen LogP contribution in [0.15, 0.2) is 24.5 Å². The van der Waals surface area contributed by atoms with Crippen molar-refractivity contribution in [2.45, 2.75) is 31.7 Å². The third-order valence-corrected chi connectivity index (χ3v) is 4.72. The van der Waals surface area contributed by atoms with Crippen molar-refractivity contribution in [3.63, 3.8) is 0 Å². The number of aromatic nitrogens is 1. The molecule has 0 aliphatic carbocycles. The molecule has 19 heavy (non-hydrogen) atoms. The molecule has 1 fully saturated rings. The molecule has 2 rings (SSSR count). The van der Waals surface area contributed by atoms with Gasteiger partial charge in [0.2, 0.25) is 10.0 Å². The maximum atomic E-state index is 11.9. The van der Waals surface area contributed by atoms with Crippen molar-refractivity contribution in [1.82, 2.24) is 15.0 Å². The molecule has 2 N–H and O–H groups in total. The van der Waals surface area contributed by atoms with Crippen LogP contribution in [-0.2, 0) is 16.4 Å². The number of rotatable bonds is 6. The van der Waals surface area contributed by atoms with Gasteiger partial charge in [-0.3, -0.25) is 4.98 Å². The number of sulfonamides is 1. The van der Waals surface area contributed by atoms with Crippen molar-refractivity contribution in [3.8, 4) is 0 Å². The molecule has 106 valence electrons. The maximum Gasteiger partial charge on any atom is 0.211 e. The summed E-state index contributed by atoms with van der Waals surface area (Å²) in [6.07, 6.45) is 7.30. The Balaban J connectivity index is 1.75. The van der Waals surface area contributed by atoms with Gasteiger partial charge in [0.1, 0.15) is 0 Å². The second-order valence-electron chi connectivity index (χ2n) is 4.92. The molecule has 0 aromatic carbocycles. The highest BCUT2D eigenvalue weighted by atomic mass is 32.2. The van der Waals surface area contributed by atoms with E-state index >= 15 is 0 Å². The molecule has 0 bridgehead atoms. The van der Waals surface area contributed by atoms with E-state index in [1.165, 1.54) is 12.8 Å². The first-order valence-electron chi connectivity index (χ1n) is 6.75. The molecule has 1 aliphatic heterocycles. The van der Waals surface area contributed by atoms with E-state index < -0.39 is 10.0 Å². The Kier molecular flexibility index (Phi) is 5.30. The van der Waals surface area contributed by atoms with Crippen molar-refractivity contribution in [2.75, 3.05) is 18.8 Å². The number of aryl methyl sites for hydroxylation is 1. The second kappa shape index (κ2) is 6.98. The fourth-order valence-electron chi connectivity index (χ4n) is 2.20. The van der Waals surface area contributed by atoms with Crippen molar-refractivity contribution in [1.29, 1.82) is 0 Å². The topological polar surface area (TPSA) is 71.1 Å². The van der Waals surface area contributed by atoms with E-state index in [2.05, 4.69) is 15.0 Å². The summed E-state index contributed by atoms with van der Waals surface area (Å²) in [6.45, 7) is 1.49. The van der Waals surface area contributed by atoms with Gasteiger partial charge in [-0.25, -0.2) is 13.1 Å². The number of piperidine rings is 1. The lowest BCUT2D eigenvalue weighted by molar-refractivity contribution is 0.398. The van der Waals surface area contributed by atoms with E-state index in [-0.39, 0.29) is 11.8 Å². The lowest BCUT2D eigenvalue weighted by atomic mass is 10.1. The van der Waals surface area contributed by atoms with E-state index in [1.807, 2.05) is 12.1 Å². The minimum Gasteiger partial charge on any atom is -0.313 e. The van der Waals surface area contributed by atoms with Gasteiger partial charge in [-0.1, -0.05) is 6.42 Å². The molecule has 6 heteroatoms.